The van der Waals surface area contributed by atoms with E-state index in [-0.39, 0.29) is 17.9 Å². The molecule has 1 heterocycles. The normalized spacial score (nSPS) is 14.9. The highest BCUT2D eigenvalue weighted by Gasteiger charge is 2.20. The third kappa shape index (κ3) is 5.24. The summed E-state index contributed by atoms with van der Waals surface area (Å²) >= 11 is 0. The maximum Gasteiger partial charge on any atom is 0.246 e. The zero-order valence-corrected chi connectivity index (χ0v) is 15.3. The van der Waals surface area contributed by atoms with Crippen molar-refractivity contribution in [3.63, 3.8) is 0 Å². The van der Waals surface area contributed by atoms with Crippen molar-refractivity contribution in [2.75, 3.05) is 33.3 Å². The van der Waals surface area contributed by atoms with E-state index in [0.29, 0.717) is 37.7 Å². The van der Waals surface area contributed by atoms with Gasteiger partial charge in [0.25, 0.3) is 0 Å². The van der Waals surface area contributed by atoms with Crippen LogP contribution >= 0.6 is 0 Å². The molecule has 1 fully saturated rings. The van der Waals surface area contributed by atoms with Crippen LogP contribution in [0, 0.1) is 0 Å². The first-order chi connectivity index (χ1) is 11.9. The molecule has 0 radical (unpaired) electrons. The van der Waals surface area contributed by atoms with E-state index in [1.165, 1.54) is 0 Å². The molecular formula is C19H26N2O4. The van der Waals surface area contributed by atoms with Crippen molar-refractivity contribution in [2.45, 2.75) is 26.9 Å². The average Bonchev–Trinajstić information content (AvgIpc) is 2.60. The van der Waals surface area contributed by atoms with E-state index in [9.17, 15) is 9.59 Å². The van der Waals surface area contributed by atoms with Crippen LogP contribution in [0.1, 0.15) is 26.3 Å². The second kappa shape index (κ2) is 8.55. The first kappa shape index (κ1) is 18.8. The Morgan fingerprint density at radius 2 is 1.72 bits per heavy atom. The summed E-state index contributed by atoms with van der Waals surface area (Å²) in [6.07, 6.45) is 3.38. The third-order valence-corrected chi connectivity index (χ3v) is 4.01. The van der Waals surface area contributed by atoms with Crippen LogP contribution in [-0.2, 0) is 9.59 Å². The molecule has 0 unspecified atom stereocenters. The summed E-state index contributed by atoms with van der Waals surface area (Å²) in [5.41, 5.74) is 0.865. The highest BCUT2D eigenvalue weighted by molar-refractivity contribution is 5.92. The number of ether oxygens (including phenoxy) is 2. The minimum absolute atomic E-state index is 0.0512. The number of rotatable bonds is 5. The van der Waals surface area contributed by atoms with E-state index in [2.05, 4.69) is 0 Å². The summed E-state index contributed by atoms with van der Waals surface area (Å²) in [6, 6.07) is 5.57. The molecule has 0 atom stereocenters. The van der Waals surface area contributed by atoms with Gasteiger partial charge in [0.05, 0.1) is 13.2 Å². The Bertz CT molecular complexity index is 647. The van der Waals surface area contributed by atoms with Crippen LogP contribution in [0.2, 0.25) is 0 Å². The molecule has 1 aliphatic heterocycles. The number of carbonyl (C=O) groups is 2. The molecule has 1 aromatic rings. The molecule has 2 rings (SSSR count). The Kier molecular flexibility index (Phi) is 6.44. The monoisotopic (exact) mass is 346 g/mol. The number of hydrogen-bond donors (Lipinski definition) is 0. The molecule has 1 saturated heterocycles. The standard InChI is InChI=1S/C19H26N2O4/c1-14(2)25-17-7-5-16(13-18(17)24-4)6-8-19(23)21-11-9-20(10-12-21)15(3)22/h5-8,13-14H,9-12H2,1-4H3/b8-6+. The molecule has 1 aromatic carbocycles. The Balaban J connectivity index is 1.99. The fourth-order valence-electron chi connectivity index (χ4n) is 2.65. The molecule has 0 bridgehead atoms. The first-order valence-corrected chi connectivity index (χ1v) is 8.48. The fourth-order valence-corrected chi connectivity index (χ4v) is 2.65. The van der Waals surface area contributed by atoms with E-state index in [0.717, 1.165) is 5.56 Å². The van der Waals surface area contributed by atoms with Gasteiger partial charge >= 0.3 is 0 Å². The molecule has 0 aromatic heterocycles. The third-order valence-electron chi connectivity index (χ3n) is 4.01. The van der Waals surface area contributed by atoms with Gasteiger partial charge < -0.3 is 19.3 Å². The van der Waals surface area contributed by atoms with Crippen molar-refractivity contribution in [1.29, 1.82) is 0 Å². The van der Waals surface area contributed by atoms with E-state index in [1.54, 1.807) is 36.0 Å². The second-order valence-corrected chi connectivity index (χ2v) is 6.24. The first-order valence-electron chi connectivity index (χ1n) is 8.48. The lowest BCUT2D eigenvalue weighted by Crippen LogP contribution is -2.49. The van der Waals surface area contributed by atoms with Gasteiger partial charge in [-0.1, -0.05) is 6.07 Å². The molecule has 0 saturated carbocycles. The van der Waals surface area contributed by atoms with Gasteiger partial charge in [-0.3, -0.25) is 9.59 Å². The summed E-state index contributed by atoms with van der Waals surface area (Å²) in [5, 5.41) is 0. The molecule has 0 spiro atoms. The van der Waals surface area contributed by atoms with Gasteiger partial charge in [-0.25, -0.2) is 0 Å². The van der Waals surface area contributed by atoms with Crippen LogP contribution in [0.25, 0.3) is 6.08 Å². The molecule has 6 heteroatoms. The van der Waals surface area contributed by atoms with E-state index < -0.39 is 0 Å². The lowest BCUT2D eigenvalue weighted by Gasteiger charge is -2.33. The minimum atomic E-state index is -0.0512. The highest BCUT2D eigenvalue weighted by Crippen LogP contribution is 2.29. The van der Waals surface area contributed by atoms with E-state index >= 15 is 0 Å². The Morgan fingerprint density at radius 3 is 2.28 bits per heavy atom. The summed E-state index contributed by atoms with van der Waals surface area (Å²) in [7, 11) is 1.59. The van der Waals surface area contributed by atoms with Crippen molar-refractivity contribution in [2.24, 2.45) is 0 Å². The predicted molar refractivity (Wildman–Crippen MR) is 96.6 cm³/mol. The van der Waals surface area contributed by atoms with Crippen LogP contribution < -0.4 is 9.47 Å². The second-order valence-electron chi connectivity index (χ2n) is 6.24. The number of nitrogens with zero attached hydrogens (tertiary/aromatic N) is 2. The van der Waals surface area contributed by atoms with Crippen molar-refractivity contribution in [3.8, 4) is 11.5 Å². The summed E-state index contributed by atoms with van der Waals surface area (Å²) in [6.45, 7) is 7.77. The van der Waals surface area contributed by atoms with Crippen molar-refractivity contribution in [3.05, 3.63) is 29.8 Å². The topological polar surface area (TPSA) is 59.1 Å². The van der Waals surface area contributed by atoms with Gasteiger partial charge in [-0.05, 0) is 37.6 Å². The zero-order chi connectivity index (χ0) is 18.4. The number of benzene rings is 1. The fraction of sp³-hybridized carbons (Fsp3) is 0.474. The van der Waals surface area contributed by atoms with Gasteiger partial charge in [0.15, 0.2) is 11.5 Å². The zero-order valence-electron chi connectivity index (χ0n) is 15.3. The Morgan fingerprint density at radius 1 is 1.08 bits per heavy atom. The highest BCUT2D eigenvalue weighted by atomic mass is 16.5. The van der Waals surface area contributed by atoms with Crippen LogP contribution in [-0.4, -0.2) is 61.0 Å². The van der Waals surface area contributed by atoms with Crippen LogP contribution in [0.3, 0.4) is 0 Å². The van der Waals surface area contributed by atoms with Gasteiger partial charge in [0.2, 0.25) is 11.8 Å². The van der Waals surface area contributed by atoms with Crippen LogP contribution in [0.5, 0.6) is 11.5 Å². The van der Waals surface area contributed by atoms with Crippen molar-refractivity contribution >= 4 is 17.9 Å². The van der Waals surface area contributed by atoms with Gasteiger partial charge in [0.1, 0.15) is 0 Å². The molecule has 6 nitrogen and oxygen atoms in total. The number of carbonyl (C=O) groups excluding carboxylic acids is 2. The average molecular weight is 346 g/mol. The summed E-state index contributed by atoms with van der Waals surface area (Å²) in [4.78, 5) is 27.1. The quantitative estimate of drug-likeness (QED) is 0.767. The minimum Gasteiger partial charge on any atom is -0.493 e. The van der Waals surface area contributed by atoms with Crippen molar-refractivity contribution in [1.82, 2.24) is 9.80 Å². The number of hydrogen-bond acceptors (Lipinski definition) is 4. The lowest BCUT2D eigenvalue weighted by atomic mass is 10.1. The number of methoxy groups -OCH3 is 1. The van der Waals surface area contributed by atoms with Gasteiger partial charge in [-0.15, -0.1) is 0 Å². The molecule has 25 heavy (non-hydrogen) atoms. The maximum absolute atomic E-state index is 12.3. The summed E-state index contributed by atoms with van der Waals surface area (Å²) < 4.78 is 11.0. The largest absolute Gasteiger partial charge is 0.493 e. The predicted octanol–water partition coefficient (Wildman–Crippen LogP) is 2.19. The lowest BCUT2D eigenvalue weighted by molar-refractivity contribution is -0.135. The Labute approximate surface area is 149 Å². The van der Waals surface area contributed by atoms with Crippen LogP contribution in [0.4, 0.5) is 0 Å². The molecular weight excluding hydrogens is 320 g/mol. The molecule has 1 aliphatic rings. The van der Waals surface area contributed by atoms with Crippen molar-refractivity contribution < 1.29 is 19.1 Å². The SMILES string of the molecule is COc1cc(/C=C/C(=O)N2CCN(C(C)=O)CC2)ccc1OC(C)C. The number of piperazine rings is 1. The molecule has 0 aliphatic carbocycles. The maximum atomic E-state index is 12.3. The van der Waals surface area contributed by atoms with E-state index in [1.807, 2.05) is 32.0 Å². The van der Waals surface area contributed by atoms with Gasteiger partial charge in [-0.2, -0.15) is 0 Å². The molecule has 0 N–H and O–H groups in total. The van der Waals surface area contributed by atoms with Crippen LogP contribution in [0.15, 0.2) is 24.3 Å². The smallest absolute Gasteiger partial charge is 0.246 e. The number of amides is 2. The molecule has 2 amide bonds. The summed E-state index contributed by atoms with van der Waals surface area (Å²) in [5.74, 6) is 1.32. The molecule has 136 valence electrons. The Hall–Kier alpha value is -2.50. The van der Waals surface area contributed by atoms with Gasteiger partial charge in [0, 0.05) is 39.2 Å². The van der Waals surface area contributed by atoms with E-state index in [4.69, 9.17) is 9.47 Å².